The largest absolute Gasteiger partial charge is 0.343 e. The van der Waals surface area contributed by atoms with Crippen molar-refractivity contribution < 1.29 is 4.79 Å². The van der Waals surface area contributed by atoms with E-state index in [2.05, 4.69) is 20.8 Å². The third-order valence-electron chi connectivity index (χ3n) is 3.08. The van der Waals surface area contributed by atoms with Crippen molar-refractivity contribution in [3.05, 3.63) is 0 Å². The van der Waals surface area contributed by atoms with E-state index in [1.807, 2.05) is 11.9 Å². The molecule has 0 bridgehead atoms. The first-order valence-electron chi connectivity index (χ1n) is 4.97. The van der Waals surface area contributed by atoms with Crippen LogP contribution in [0.1, 0.15) is 27.2 Å². The van der Waals surface area contributed by atoms with Crippen molar-refractivity contribution in [3.63, 3.8) is 0 Å². The van der Waals surface area contributed by atoms with E-state index in [4.69, 9.17) is 5.73 Å². The molecule has 1 rings (SSSR count). The molecule has 13 heavy (non-hydrogen) atoms. The van der Waals surface area contributed by atoms with E-state index in [1.54, 1.807) is 0 Å². The highest BCUT2D eigenvalue weighted by molar-refractivity contribution is 5.82. The predicted molar refractivity (Wildman–Crippen MR) is 53.2 cm³/mol. The van der Waals surface area contributed by atoms with Gasteiger partial charge in [-0.25, -0.2) is 0 Å². The molecule has 3 heteroatoms. The molecule has 76 valence electrons. The standard InChI is InChI=1S/C10H20N2O/c1-6(2)7(3)12(4)10(13)8-5-9(8)11/h6-9H,5,11H2,1-4H3. The number of nitrogens with two attached hydrogens (primary N) is 1. The lowest BCUT2D eigenvalue weighted by Crippen LogP contribution is -2.40. The summed E-state index contributed by atoms with van der Waals surface area (Å²) in [7, 11) is 1.87. The van der Waals surface area contributed by atoms with Crippen LogP contribution in [0.2, 0.25) is 0 Å². The highest BCUT2D eigenvalue weighted by Crippen LogP contribution is 2.30. The van der Waals surface area contributed by atoms with Crippen molar-refractivity contribution in [1.29, 1.82) is 0 Å². The topological polar surface area (TPSA) is 46.3 Å². The summed E-state index contributed by atoms with van der Waals surface area (Å²) in [5.41, 5.74) is 5.63. The molecule has 0 aromatic heterocycles. The third-order valence-corrected chi connectivity index (χ3v) is 3.08. The molecule has 1 aliphatic rings. The van der Waals surface area contributed by atoms with E-state index in [1.165, 1.54) is 0 Å². The minimum atomic E-state index is 0.103. The van der Waals surface area contributed by atoms with Crippen LogP contribution in [-0.2, 0) is 4.79 Å². The third kappa shape index (κ3) is 2.21. The van der Waals surface area contributed by atoms with Crippen LogP contribution in [0.3, 0.4) is 0 Å². The van der Waals surface area contributed by atoms with Gasteiger partial charge in [-0.1, -0.05) is 13.8 Å². The fourth-order valence-corrected chi connectivity index (χ4v) is 1.41. The van der Waals surface area contributed by atoms with Crippen LogP contribution in [0.25, 0.3) is 0 Å². The van der Waals surface area contributed by atoms with Crippen LogP contribution in [0, 0.1) is 11.8 Å². The van der Waals surface area contributed by atoms with Gasteiger partial charge in [-0.2, -0.15) is 0 Å². The van der Waals surface area contributed by atoms with E-state index in [-0.39, 0.29) is 17.9 Å². The molecule has 0 aliphatic heterocycles. The summed E-state index contributed by atoms with van der Waals surface area (Å²) >= 11 is 0. The van der Waals surface area contributed by atoms with Crippen molar-refractivity contribution in [3.8, 4) is 0 Å². The molecule has 1 aliphatic carbocycles. The number of carbonyl (C=O) groups excluding carboxylic acids is 1. The van der Waals surface area contributed by atoms with Crippen molar-refractivity contribution in [2.75, 3.05) is 7.05 Å². The van der Waals surface area contributed by atoms with E-state index >= 15 is 0 Å². The molecule has 3 unspecified atom stereocenters. The molecule has 0 saturated heterocycles. The first-order chi connectivity index (χ1) is 5.95. The molecule has 0 aromatic rings. The molecule has 0 aromatic carbocycles. The summed E-state index contributed by atoms with van der Waals surface area (Å²) < 4.78 is 0. The Labute approximate surface area is 80.3 Å². The lowest BCUT2D eigenvalue weighted by atomic mass is 10.0. The van der Waals surface area contributed by atoms with E-state index in [9.17, 15) is 4.79 Å². The van der Waals surface area contributed by atoms with Crippen molar-refractivity contribution in [2.24, 2.45) is 17.6 Å². The molecule has 2 N–H and O–H groups in total. The molecule has 1 saturated carbocycles. The highest BCUT2D eigenvalue weighted by atomic mass is 16.2. The van der Waals surface area contributed by atoms with Gasteiger partial charge in [0.25, 0.3) is 0 Å². The van der Waals surface area contributed by atoms with Crippen LogP contribution >= 0.6 is 0 Å². The first kappa shape index (κ1) is 10.5. The van der Waals surface area contributed by atoms with E-state index < -0.39 is 0 Å². The monoisotopic (exact) mass is 184 g/mol. The van der Waals surface area contributed by atoms with Crippen LogP contribution in [0.5, 0.6) is 0 Å². The van der Waals surface area contributed by atoms with Gasteiger partial charge in [0.15, 0.2) is 0 Å². The van der Waals surface area contributed by atoms with Crippen LogP contribution in [0.15, 0.2) is 0 Å². The summed E-state index contributed by atoms with van der Waals surface area (Å²) in [5.74, 6) is 0.823. The zero-order valence-corrected chi connectivity index (χ0v) is 8.95. The number of carbonyl (C=O) groups is 1. The Balaban J connectivity index is 2.47. The van der Waals surface area contributed by atoms with Crippen molar-refractivity contribution in [1.82, 2.24) is 4.90 Å². The quantitative estimate of drug-likeness (QED) is 0.706. The number of rotatable bonds is 3. The highest BCUT2D eigenvalue weighted by Gasteiger charge is 2.42. The molecule has 0 heterocycles. The molecule has 0 spiro atoms. The minimum absolute atomic E-state index is 0.103. The Morgan fingerprint density at radius 2 is 1.92 bits per heavy atom. The smallest absolute Gasteiger partial charge is 0.227 e. The van der Waals surface area contributed by atoms with Gasteiger partial charge >= 0.3 is 0 Å². The Morgan fingerprint density at radius 1 is 1.46 bits per heavy atom. The number of amides is 1. The van der Waals surface area contributed by atoms with Gasteiger partial charge in [-0.3, -0.25) is 4.79 Å². The fraction of sp³-hybridized carbons (Fsp3) is 0.900. The second-order valence-corrected chi connectivity index (χ2v) is 4.44. The Morgan fingerprint density at radius 3 is 2.23 bits per heavy atom. The predicted octanol–water partition coefficient (Wildman–Crippen LogP) is 0.837. The molecule has 3 nitrogen and oxygen atoms in total. The molecule has 1 fully saturated rings. The molecular formula is C10H20N2O. The van der Waals surface area contributed by atoms with Crippen LogP contribution in [0.4, 0.5) is 0 Å². The average Bonchev–Trinajstić information content (AvgIpc) is 2.78. The van der Waals surface area contributed by atoms with Crippen molar-refractivity contribution >= 4 is 5.91 Å². The summed E-state index contributed by atoms with van der Waals surface area (Å²) in [6, 6.07) is 0.426. The zero-order valence-electron chi connectivity index (χ0n) is 8.95. The SMILES string of the molecule is CC(C)C(C)N(C)C(=O)C1CC1N. The minimum Gasteiger partial charge on any atom is -0.343 e. The maximum Gasteiger partial charge on any atom is 0.227 e. The van der Waals surface area contributed by atoms with Gasteiger partial charge in [0.1, 0.15) is 0 Å². The van der Waals surface area contributed by atoms with E-state index in [0.717, 1.165) is 6.42 Å². The van der Waals surface area contributed by atoms with Gasteiger partial charge in [0.2, 0.25) is 5.91 Å². The number of hydrogen-bond acceptors (Lipinski definition) is 2. The van der Waals surface area contributed by atoms with Crippen LogP contribution in [-0.4, -0.2) is 29.9 Å². The lowest BCUT2D eigenvalue weighted by molar-refractivity contribution is -0.133. The first-order valence-corrected chi connectivity index (χ1v) is 4.97. The molecule has 0 radical (unpaired) electrons. The Hall–Kier alpha value is -0.570. The molecule has 1 amide bonds. The number of nitrogens with zero attached hydrogens (tertiary/aromatic N) is 1. The summed E-state index contributed by atoms with van der Waals surface area (Å²) in [6.07, 6.45) is 0.869. The van der Waals surface area contributed by atoms with Gasteiger partial charge < -0.3 is 10.6 Å². The number of hydrogen-bond donors (Lipinski definition) is 1. The van der Waals surface area contributed by atoms with Crippen molar-refractivity contribution in [2.45, 2.75) is 39.3 Å². The molecular weight excluding hydrogens is 164 g/mol. The summed E-state index contributed by atoms with van der Waals surface area (Å²) in [5, 5.41) is 0. The Bertz CT molecular complexity index is 203. The average molecular weight is 184 g/mol. The Kier molecular flexibility index (Phi) is 2.96. The summed E-state index contributed by atoms with van der Waals surface area (Å²) in [4.78, 5) is 13.5. The van der Waals surface area contributed by atoms with Gasteiger partial charge in [0.05, 0.1) is 5.92 Å². The second kappa shape index (κ2) is 3.66. The van der Waals surface area contributed by atoms with Gasteiger partial charge in [0, 0.05) is 19.1 Å². The maximum absolute atomic E-state index is 11.7. The normalized spacial score (nSPS) is 28.8. The second-order valence-electron chi connectivity index (χ2n) is 4.44. The summed E-state index contributed by atoms with van der Waals surface area (Å²) in [6.45, 7) is 6.33. The fourth-order valence-electron chi connectivity index (χ4n) is 1.41. The lowest BCUT2D eigenvalue weighted by Gasteiger charge is -2.28. The van der Waals surface area contributed by atoms with Gasteiger partial charge in [-0.15, -0.1) is 0 Å². The molecule has 3 atom stereocenters. The maximum atomic E-state index is 11.7. The van der Waals surface area contributed by atoms with Gasteiger partial charge in [-0.05, 0) is 19.3 Å². The zero-order chi connectivity index (χ0) is 10.2. The van der Waals surface area contributed by atoms with E-state index in [0.29, 0.717) is 12.0 Å². The van der Waals surface area contributed by atoms with Crippen LogP contribution < -0.4 is 5.73 Å².